The van der Waals surface area contributed by atoms with E-state index < -0.39 is 0 Å². The van der Waals surface area contributed by atoms with Gasteiger partial charge >= 0.3 is 0 Å². The number of thiazole rings is 2. The molecule has 0 bridgehead atoms. The molecule has 0 unspecified atom stereocenters. The molecule has 0 fully saturated rings. The molecular weight excluding hydrogens is 322 g/mol. The monoisotopic (exact) mass is 335 g/mol. The Morgan fingerprint density at radius 1 is 1.24 bits per heavy atom. The van der Waals surface area contributed by atoms with E-state index >= 15 is 0 Å². The normalized spacial score (nSPS) is 10.8. The number of hydrogen-bond acceptors (Lipinski definition) is 5. The van der Waals surface area contributed by atoms with Gasteiger partial charge in [0.05, 0.1) is 12.2 Å². The maximum absolute atomic E-state index is 5.84. The predicted octanol–water partition coefficient (Wildman–Crippen LogP) is 5.15. The van der Waals surface area contributed by atoms with Crippen LogP contribution in [0.1, 0.15) is 15.4 Å². The number of anilines is 1. The van der Waals surface area contributed by atoms with E-state index in [1.807, 2.05) is 13.0 Å². The van der Waals surface area contributed by atoms with Gasteiger partial charge in [-0.25, -0.2) is 9.97 Å². The number of aromatic nitrogens is 2. The van der Waals surface area contributed by atoms with Crippen LogP contribution in [-0.4, -0.2) is 9.97 Å². The number of nitrogens with zero attached hydrogens (tertiary/aromatic N) is 2. The Balaban J connectivity index is 1.76. The second-order valence-electron chi connectivity index (χ2n) is 4.67. The minimum atomic E-state index is 0.578. The third kappa shape index (κ3) is 3.43. The van der Waals surface area contributed by atoms with Crippen LogP contribution in [0.4, 0.5) is 5.69 Å². The van der Waals surface area contributed by atoms with Crippen molar-refractivity contribution in [2.75, 3.05) is 5.32 Å². The van der Waals surface area contributed by atoms with E-state index in [-0.39, 0.29) is 0 Å². The highest BCUT2D eigenvalue weighted by atomic mass is 35.5. The summed E-state index contributed by atoms with van der Waals surface area (Å²) in [6.45, 7) is 4.88. The summed E-state index contributed by atoms with van der Waals surface area (Å²) >= 11 is 9.06. The van der Waals surface area contributed by atoms with E-state index in [1.165, 1.54) is 16.2 Å². The lowest BCUT2D eigenvalue weighted by Crippen LogP contribution is -1.97. The van der Waals surface area contributed by atoms with Gasteiger partial charge in [0.15, 0.2) is 4.47 Å². The van der Waals surface area contributed by atoms with Crippen molar-refractivity contribution in [3.8, 4) is 10.6 Å². The van der Waals surface area contributed by atoms with Crippen molar-refractivity contribution < 1.29 is 0 Å². The summed E-state index contributed by atoms with van der Waals surface area (Å²) in [6, 6.07) is 8.32. The molecular formula is C15H14ClN3S2. The van der Waals surface area contributed by atoms with E-state index in [9.17, 15) is 0 Å². The molecule has 1 N–H and O–H groups in total. The van der Waals surface area contributed by atoms with Crippen LogP contribution < -0.4 is 5.32 Å². The first kappa shape index (κ1) is 14.5. The fourth-order valence-electron chi connectivity index (χ4n) is 1.91. The van der Waals surface area contributed by atoms with Gasteiger partial charge in [0.25, 0.3) is 0 Å². The predicted molar refractivity (Wildman–Crippen MR) is 91.5 cm³/mol. The molecule has 0 spiro atoms. The molecule has 0 amide bonds. The Labute approximate surface area is 136 Å². The van der Waals surface area contributed by atoms with Crippen molar-refractivity contribution in [2.45, 2.75) is 20.4 Å². The summed E-state index contributed by atoms with van der Waals surface area (Å²) < 4.78 is 0.578. The molecule has 2 heterocycles. The second kappa shape index (κ2) is 6.13. The van der Waals surface area contributed by atoms with E-state index in [0.29, 0.717) is 4.47 Å². The molecule has 3 rings (SSSR count). The summed E-state index contributed by atoms with van der Waals surface area (Å²) in [7, 11) is 0. The molecule has 6 heteroatoms. The van der Waals surface area contributed by atoms with E-state index in [0.717, 1.165) is 33.4 Å². The minimum Gasteiger partial charge on any atom is -0.380 e. The fraction of sp³-hybridized carbons (Fsp3) is 0.200. The zero-order valence-corrected chi connectivity index (χ0v) is 14.1. The van der Waals surface area contributed by atoms with Crippen molar-refractivity contribution in [3.05, 3.63) is 50.4 Å². The number of hydrogen-bond donors (Lipinski definition) is 1. The molecule has 2 aromatic heterocycles. The summed E-state index contributed by atoms with van der Waals surface area (Å²) in [5.74, 6) is 0. The van der Waals surface area contributed by atoms with Gasteiger partial charge in [-0.2, -0.15) is 0 Å². The summed E-state index contributed by atoms with van der Waals surface area (Å²) in [5.41, 5.74) is 3.32. The van der Waals surface area contributed by atoms with E-state index in [4.69, 9.17) is 11.6 Å². The number of halogens is 1. The van der Waals surface area contributed by atoms with Gasteiger partial charge in [-0.3, -0.25) is 0 Å². The Kier molecular flexibility index (Phi) is 4.24. The van der Waals surface area contributed by atoms with Crippen molar-refractivity contribution >= 4 is 40.0 Å². The summed E-state index contributed by atoms with van der Waals surface area (Å²) in [5, 5.41) is 4.46. The molecule has 0 saturated carbocycles. The Morgan fingerprint density at radius 2 is 2.10 bits per heavy atom. The molecule has 21 heavy (non-hydrogen) atoms. The van der Waals surface area contributed by atoms with Crippen molar-refractivity contribution in [1.29, 1.82) is 0 Å². The van der Waals surface area contributed by atoms with Gasteiger partial charge in [-0.15, -0.1) is 22.7 Å². The van der Waals surface area contributed by atoms with Crippen LogP contribution in [0, 0.1) is 13.8 Å². The first-order valence-electron chi connectivity index (χ1n) is 6.50. The van der Waals surface area contributed by atoms with Gasteiger partial charge < -0.3 is 5.32 Å². The zero-order valence-electron chi connectivity index (χ0n) is 11.7. The molecule has 0 saturated heterocycles. The maximum atomic E-state index is 5.84. The van der Waals surface area contributed by atoms with Crippen LogP contribution in [0.3, 0.4) is 0 Å². The van der Waals surface area contributed by atoms with Crippen LogP contribution in [0.5, 0.6) is 0 Å². The molecule has 0 aliphatic heterocycles. The molecule has 0 radical (unpaired) electrons. The zero-order chi connectivity index (χ0) is 14.8. The van der Waals surface area contributed by atoms with E-state index in [1.54, 1.807) is 17.5 Å². The highest BCUT2D eigenvalue weighted by Crippen LogP contribution is 2.29. The highest BCUT2D eigenvalue weighted by Gasteiger charge is 2.07. The fourth-order valence-corrected chi connectivity index (χ4v) is 3.74. The van der Waals surface area contributed by atoms with Gasteiger partial charge in [0.1, 0.15) is 5.01 Å². The molecule has 0 aliphatic carbocycles. The Bertz CT molecular complexity index is 744. The Hall–Kier alpha value is -1.43. The van der Waals surface area contributed by atoms with E-state index in [2.05, 4.69) is 40.4 Å². The SMILES string of the molecule is Cc1nc(-c2cccc(NCc3cnc(Cl)s3)c2)sc1C. The van der Waals surface area contributed by atoms with Gasteiger partial charge in [-0.05, 0) is 26.0 Å². The lowest BCUT2D eigenvalue weighted by molar-refractivity contribution is 1.17. The average Bonchev–Trinajstić information content (AvgIpc) is 3.04. The third-order valence-electron chi connectivity index (χ3n) is 3.13. The molecule has 108 valence electrons. The highest BCUT2D eigenvalue weighted by molar-refractivity contribution is 7.15. The average molecular weight is 336 g/mol. The van der Waals surface area contributed by atoms with Crippen LogP contribution >= 0.6 is 34.3 Å². The third-order valence-corrected chi connectivity index (χ3v) is 5.37. The van der Waals surface area contributed by atoms with Crippen molar-refractivity contribution in [1.82, 2.24) is 9.97 Å². The van der Waals surface area contributed by atoms with Crippen molar-refractivity contribution in [2.24, 2.45) is 0 Å². The summed E-state index contributed by atoms with van der Waals surface area (Å²) in [6.07, 6.45) is 1.80. The number of nitrogens with one attached hydrogen (secondary N) is 1. The molecule has 1 aromatic carbocycles. The molecule has 0 atom stereocenters. The first-order valence-corrected chi connectivity index (χ1v) is 8.51. The first-order chi connectivity index (χ1) is 10.1. The van der Waals surface area contributed by atoms with Crippen LogP contribution in [-0.2, 0) is 6.54 Å². The van der Waals surface area contributed by atoms with Gasteiger partial charge in [0, 0.05) is 27.2 Å². The Morgan fingerprint density at radius 3 is 2.76 bits per heavy atom. The van der Waals surface area contributed by atoms with Crippen LogP contribution in [0.25, 0.3) is 10.6 Å². The molecule has 3 nitrogen and oxygen atoms in total. The lowest BCUT2D eigenvalue weighted by atomic mass is 10.2. The standard InChI is InChI=1S/C15H14ClN3S2/c1-9-10(2)20-14(19-9)11-4-3-5-12(6-11)17-7-13-8-18-15(16)21-13/h3-6,8,17H,7H2,1-2H3. The molecule has 0 aliphatic rings. The van der Waals surface area contributed by atoms with Crippen molar-refractivity contribution in [3.63, 3.8) is 0 Å². The minimum absolute atomic E-state index is 0.578. The smallest absolute Gasteiger partial charge is 0.183 e. The lowest BCUT2D eigenvalue weighted by Gasteiger charge is -2.06. The second-order valence-corrected chi connectivity index (χ2v) is 7.58. The topological polar surface area (TPSA) is 37.8 Å². The van der Waals surface area contributed by atoms with Crippen LogP contribution in [0.15, 0.2) is 30.5 Å². The largest absolute Gasteiger partial charge is 0.380 e. The molecule has 3 aromatic rings. The number of aryl methyl sites for hydroxylation is 2. The summed E-state index contributed by atoms with van der Waals surface area (Å²) in [4.78, 5) is 11.0. The quantitative estimate of drug-likeness (QED) is 0.716. The number of benzene rings is 1. The van der Waals surface area contributed by atoms with Gasteiger partial charge in [0.2, 0.25) is 0 Å². The number of rotatable bonds is 4. The maximum Gasteiger partial charge on any atom is 0.183 e. The van der Waals surface area contributed by atoms with Crippen LogP contribution in [0.2, 0.25) is 4.47 Å². The van der Waals surface area contributed by atoms with Gasteiger partial charge in [-0.1, -0.05) is 23.7 Å².